The number of benzene rings is 1. The lowest BCUT2D eigenvalue weighted by molar-refractivity contribution is 0.0347. The van der Waals surface area contributed by atoms with Crippen LogP contribution in [0.3, 0.4) is 0 Å². The van der Waals surface area contributed by atoms with Gasteiger partial charge in [0.05, 0.1) is 33.0 Å². The van der Waals surface area contributed by atoms with E-state index < -0.39 is 0 Å². The minimum atomic E-state index is 0.0255. The number of thioether (sulfide) groups is 1. The number of thiocarbonyl (C=S) groups is 1. The van der Waals surface area contributed by atoms with Crippen molar-refractivity contribution in [2.75, 3.05) is 44.9 Å². The molecule has 0 bridgehead atoms. The second kappa shape index (κ2) is 12.2. The predicted octanol–water partition coefficient (Wildman–Crippen LogP) is 1.57. The zero-order chi connectivity index (χ0) is 16.0. The van der Waals surface area contributed by atoms with Gasteiger partial charge in [0.2, 0.25) is 0 Å². The van der Waals surface area contributed by atoms with E-state index in [1.807, 2.05) is 29.7 Å². The van der Waals surface area contributed by atoms with Crippen LogP contribution in [-0.4, -0.2) is 49.8 Å². The van der Waals surface area contributed by atoms with Crippen LogP contribution in [0.25, 0.3) is 0 Å². The van der Waals surface area contributed by atoms with Gasteiger partial charge in [-0.2, -0.15) is 5.26 Å². The van der Waals surface area contributed by atoms with Crippen molar-refractivity contribution < 1.29 is 14.6 Å². The number of ether oxygens (including phenoxy) is 2. The summed E-state index contributed by atoms with van der Waals surface area (Å²) >= 11 is 6.29. The third-order valence-corrected chi connectivity index (χ3v) is 3.26. The Morgan fingerprint density at radius 3 is 2.50 bits per heavy atom. The Hall–Kier alpha value is -1.37. The van der Waals surface area contributed by atoms with Gasteiger partial charge in [-0.25, -0.2) is 0 Å². The SMILES string of the molecule is N#CSc1ccc(NC(=S)NCCOCCOCCO)cc1. The molecule has 0 fully saturated rings. The number of aliphatic hydroxyl groups is 1. The Bertz CT molecular complexity index is 477. The highest BCUT2D eigenvalue weighted by Gasteiger charge is 1.98. The average molecular weight is 341 g/mol. The van der Waals surface area contributed by atoms with E-state index in [0.717, 1.165) is 22.3 Å². The number of nitriles is 1. The molecule has 0 radical (unpaired) electrons. The Labute approximate surface area is 139 Å². The molecule has 1 aromatic rings. The monoisotopic (exact) mass is 341 g/mol. The molecule has 3 N–H and O–H groups in total. The van der Waals surface area contributed by atoms with Crippen molar-refractivity contribution >= 4 is 34.8 Å². The molecule has 22 heavy (non-hydrogen) atoms. The first-order valence-corrected chi connectivity index (χ1v) is 7.96. The molecular formula is C14H19N3O3S2. The molecule has 0 aliphatic heterocycles. The molecular weight excluding hydrogens is 322 g/mol. The Balaban J connectivity index is 2.09. The van der Waals surface area contributed by atoms with Crippen molar-refractivity contribution in [3.8, 4) is 5.40 Å². The maximum atomic E-state index is 8.57. The second-order valence-electron chi connectivity index (χ2n) is 4.05. The van der Waals surface area contributed by atoms with Crippen LogP contribution in [-0.2, 0) is 9.47 Å². The molecule has 6 nitrogen and oxygen atoms in total. The minimum Gasteiger partial charge on any atom is -0.394 e. The van der Waals surface area contributed by atoms with E-state index >= 15 is 0 Å². The Morgan fingerprint density at radius 1 is 1.18 bits per heavy atom. The average Bonchev–Trinajstić information content (AvgIpc) is 2.52. The highest BCUT2D eigenvalue weighted by molar-refractivity contribution is 8.03. The second-order valence-corrected chi connectivity index (χ2v) is 5.31. The fourth-order valence-corrected chi connectivity index (χ4v) is 2.06. The topological polar surface area (TPSA) is 86.5 Å². The number of aliphatic hydroxyl groups excluding tert-OH is 1. The van der Waals surface area contributed by atoms with Gasteiger partial charge >= 0.3 is 0 Å². The fourth-order valence-electron chi connectivity index (χ4n) is 1.46. The van der Waals surface area contributed by atoms with E-state index in [0.29, 0.717) is 38.1 Å². The van der Waals surface area contributed by atoms with Crippen molar-refractivity contribution in [1.29, 1.82) is 5.26 Å². The predicted molar refractivity (Wildman–Crippen MR) is 90.9 cm³/mol. The van der Waals surface area contributed by atoms with Crippen molar-refractivity contribution in [3.63, 3.8) is 0 Å². The number of anilines is 1. The van der Waals surface area contributed by atoms with Crippen LogP contribution in [0.1, 0.15) is 0 Å². The highest BCUT2D eigenvalue weighted by Crippen LogP contribution is 2.18. The van der Waals surface area contributed by atoms with Crippen LogP contribution in [0, 0.1) is 10.7 Å². The van der Waals surface area contributed by atoms with E-state index in [1.165, 1.54) is 0 Å². The summed E-state index contributed by atoms with van der Waals surface area (Å²) in [6.07, 6.45) is 0. The maximum Gasteiger partial charge on any atom is 0.170 e. The molecule has 0 heterocycles. The number of nitrogens with zero attached hydrogens (tertiary/aromatic N) is 1. The van der Waals surface area contributed by atoms with Gasteiger partial charge in [0.1, 0.15) is 5.40 Å². The zero-order valence-corrected chi connectivity index (χ0v) is 13.7. The summed E-state index contributed by atoms with van der Waals surface area (Å²) < 4.78 is 10.4. The van der Waals surface area contributed by atoms with Crippen LogP contribution in [0.15, 0.2) is 29.2 Å². The summed E-state index contributed by atoms with van der Waals surface area (Å²) in [5, 5.41) is 25.7. The zero-order valence-electron chi connectivity index (χ0n) is 12.1. The third-order valence-electron chi connectivity index (χ3n) is 2.42. The van der Waals surface area contributed by atoms with Crippen LogP contribution in [0.4, 0.5) is 5.69 Å². The lowest BCUT2D eigenvalue weighted by Gasteiger charge is -2.11. The maximum absolute atomic E-state index is 8.57. The van der Waals surface area contributed by atoms with Gasteiger partial charge in [-0.3, -0.25) is 0 Å². The Kier molecular flexibility index (Phi) is 10.4. The van der Waals surface area contributed by atoms with Crippen molar-refractivity contribution in [3.05, 3.63) is 24.3 Å². The van der Waals surface area contributed by atoms with Gasteiger partial charge < -0.3 is 25.2 Å². The van der Waals surface area contributed by atoms with Crippen LogP contribution in [0.2, 0.25) is 0 Å². The van der Waals surface area contributed by atoms with Crippen LogP contribution >= 0.6 is 24.0 Å². The van der Waals surface area contributed by atoms with Crippen molar-refractivity contribution in [2.24, 2.45) is 0 Å². The van der Waals surface area contributed by atoms with Gasteiger partial charge in [-0.15, -0.1) is 0 Å². The molecule has 0 unspecified atom stereocenters. The quantitative estimate of drug-likeness (QED) is 0.256. The normalized spacial score (nSPS) is 10.0. The molecule has 0 aliphatic carbocycles. The number of rotatable bonds is 10. The Morgan fingerprint density at radius 2 is 1.86 bits per heavy atom. The summed E-state index contributed by atoms with van der Waals surface area (Å²) in [4.78, 5) is 0.892. The standard InChI is InChI=1S/C14H19N3O3S2/c15-11-22-13-3-1-12(2-4-13)17-14(21)16-5-7-19-9-10-20-8-6-18/h1-4,18H,5-10H2,(H2,16,17,21). The summed E-state index contributed by atoms with van der Waals surface area (Å²) in [7, 11) is 0. The molecule has 1 rings (SSSR count). The van der Waals surface area contributed by atoms with Crippen LogP contribution < -0.4 is 10.6 Å². The molecule has 0 aliphatic rings. The first-order valence-electron chi connectivity index (χ1n) is 6.73. The first kappa shape index (κ1) is 18.7. The van der Waals surface area contributed by atoms with E-state index in [-0.39, 0.29) is 6.61 Å². The van der Waals surface area contributed by atoms with E-state index in [1.54, 1.807) is 0 Å². The fraction of sp³-hybridized carbons (Fsp3) is 0.429. The molecule has 120 valence electrons. The molecule has 0 aromatic heterocycles. The molecule has 0 atom stereocenters. The smallest absolute Gasteiger partial charge is 0.170 e. The number of nitrogens with one attached hydrogen (secondary N) is 2. The number of hydrogen-bond acceptors (Lipinski definition) is 6. The summed E-state index contributed by atoms with van der Waals surface area (Å²) in [6.45, 7) is 2.42. The van der Waals surface area contributed by atoms with Gasteiger partial charge in [0.25, 0.3) is 0 Å². The molecule has 0 amide bonds. The van der Waals surface area contributed by atoms with Crippen molar-refractivity contribution in [2.45, 2.75) is 4.90 Å². The summed E-state index contributed by atoms with van der Waals surface area (Å²) in [5.41, 5.74) is 0.859. The van der Waals surface area contributed by atoms with Crippen molar-refractivity contribution in [1.82, 2.24) is 5.32 Å². The van der Waals surface area contributed by atoms with Gasteiger partial charge in [-0.05, 0) is 48.2 Å². The largest absolute Gasteiger partial charge is 0.394 e. The molecule has 8 heteroatoms. The summed E-state index contributed by atoms with van der Waals surface area (Å²) in [6, 6.07) is 7.44. The molecule has 0 saturated carbocycles. The highest BCUT2D eigenvalue weighted by atomic mass is 32.2. The summed E-state index contributed by atoms with van der Waals surface area (Å²) in [5.74, 6) is 0. The van der Waals surface area contributed by atoms with Gasteiger partial charge in [-0.1, -0.05) is 0 Å². The van der Waals surface area contributed by atoms with E-state index in [2.05, 4.69) is 10.6 Å². The lowest BCUT2D eigenvalue weighted by atomic mass is 10.3. The number of hydrogen-bond donors (Lipinski definition) is 3. The van der Waals surface area contributed by atoms with Crippen LogP contribution in [0.5, 0.6) is 0 Å². The minimum absolute atomic E-state index is 0.0255. The molecule has 1 aromatic carbocycles. The van der Waals surface area contributed by atoms with E-state index in [9.17, 15) is 0 Å². The third kappa shape index (κ3) is 8.81. The first-order chi connectivity index (χ1) is 10.8. The molecule has 0 saturated heterocycles. The van der Waals surface area contributed by atoms with E-state index in [4.69, 9.17) is 32.1 Å². The van der Waals surface area contributed by atoms with Gasteiger partial charge in [0.15, 0.2) is 5.11 Å². The number of thiocyanates is 1. The molecule has 0 spiro atoms. The van der Waals surface area contributed by atoms with Gasteiger partial charge in [0, 0.05) is 17.1 Å². The lowest BCUT2D eigenvalue weighted by Crippen LogP contribution is -2.31.